The van der Waals surface area contributed by atoms with E-state index in [4.69, 9.17) is 52.1 Å². The highest BCUT2D eigenvalue weighted by Gasteiger charge is 2.35. The number of benzene rings is 2. The van der Waals surface area contributed by atoms with Crippen LogP contribution in [0.3, 0.4) is 0 Å². The Morgan fingerprint density at radius 3 is 1.56 bits per heavy atom. The molecule has 0 spiro atoms. The first-order valence-corrected chi connectivity index (χ1v) is 25.4. The quantitative estimate of drug-likeness (QED) is 0.0929. The van der Waals surface area contributed by atoms with Crippen molar-refractivity contribution in [3.63, 3.8) is 0 Å². The molecule has 384 valence electrons. The number of imidazole rings is 2. The van der Waals surface area contributed by atoms with Gasteiger partial charge in [0.1, 0.15) is 23.3 Å². The van der Waals surface area contributed by atoms with Crippen LogP contribution in [0.2, 0.25) is 10.0 Å². The SMILES string of the molecule is CN1CCCn2c(-c3cc(Cl)ccc3F)nc(C(=O)N[C@H](CN)C(C)(C)C)c2C1.CN1CCCn2c(-c3cc(Cl)ccc3F)nc(C(=O)N[C@H](CN3CCCC3=O)C(C)(C)C)c2C1.O=C(Cl)CCCCl. The molecule has 70 heavy (non-hydrogen) atoms. The van der Waals surface area contributed by atoms with Gasteiger partial charge in [0.2, 0.25) is 11.1 Å². The second kappa shape index (κ2) is 25.0. The van der Waals surface area contributed by atoms with Crippen molar-refractivity contribution in [2.45, 2.75) is 118 Å². The normalized spacial score (nSPS) is 16.4. The van der Waals surface area contributed by atoms with Crippen LogP contribution in [0.5, 0.6) is 0 Å². The molecule has 0 saturated carbocycles. The lowest BCUT2D eigenvalue weighted by atomic mass is 9.86. The fraction of sp³-hybridized carbons (Fsp3) is 0.560. The number of likely N-dealkylation sites (tertiary alicyclic amines) is 1. The highest BCUT2D eigenvalue weighted by atomic mass is 35.5. The summed E-state index contributed by atoms with van der Waals surface area (Å²) in [5, 5.41) is 6.70. The zero-order chi connectivity index (χ0) is 51.7. The van der Waals surface area contributed by atoms with Crippen molar-refractivity contribution < 1.29 is 28.0 Å². The molecule has 3 aliphatic rings. The molecule has 4 aromatic rings. The first-order chi connectivity index (χ1) is 32.9. The summed E-state index contributed by atoms with van der Waals surface area (Å²) in [4.78, 5) is 64.3. The minimum Gasteiger partial charge on any atom is -0.346 e. The van der Waals surface area contributed by atoms with Crippen LogP contribution >= 0.6 is 46.4 Å². The van der Waals surface area contributed by atoms with Gasteiger partial charge < -0.3 is 40.2 Å². The van der Waals surface area contributed by atoms with Crippen LogP contribution in [-0.2, 0) is 35.8 Å². The Balaban J connectivity index is 0.000000232. The van der Waals surface area contributed by atoms with Gasteiger partial charge in [0.25, 0.3) is 11.8 Å². The number of halogens is 6. The Labute approximate surface area is 430 Å². The van der Waals surface area contributed by atoms with Crippen molar-refractivity contribution in [3.8, 4) is 22.8 Å². The number of nitrogens with zero attached hydrogens (tertiary/aromatic N) is 7. The Kier molecular flexibility index (Phi) is 20.3. The zero-order valence-electron chi connectivity index (χ0n) is 41.5. The van der Waals surface area contributed by atoms with Crippen molar-refractivity contribution in [1.82, 2.24) is 44.4 Å². The molecule has 0 aliphatic carbocycles. The summed E-state index contributed by atoms with van der Waals surface area (Å²) in [5.74, 6) is 0.0432. The lowest BCUT2D eigenvalue weighted by Crippen LogP contribution is -2.51. The largest absolute Gasteiger partial charge is 0.346 e. The topological polar surface area (TPSA) is 164 Å². The molecule has 1 fully saturated rings. The van der Waals surface area contributed by atoms with Gasteiger partial charge in [-0.3, -0.25) is 19.2 Å². The highest BCUT2D eigenvalue weighted by Crippen LogP contribution is 2.33. The van der Waals surface area contributed by atoms with Gasteiger partial charge in [-0.1, -0.05) is 64.7 Å². The van der Waals surface area contributed by atoms with Gasteiger partial charge in [-0.15, -0.1) is 11.6 Å². The third-order valence-corrected chi connectivity index (χ3v) is 13.5. The molecule has 2 atom stereocenters. The molecule has 4 N–H and O–H groups in total. The highest BCUT2D eigenvalue weighted by molar-refractivity contribution is 6.63. The molecule has 14 nitrogen and oxygen atoms in total. The molecule has 0 unspecified atom stereocenters. The minimum atomic E-state index is -0.429. The van der Waals surface area contributed by atoms with Gasteiger partial charge in [-0.25, -0.2) is 18.7 Å². The first-order valence-electron chi connectivity index (χ1n) is 23.7. The van der Waals surface area contributed by atoms with Crippen LogP contribution in [0.25, 0.3) is 22.8 Å². The number of aromatic nitrogens is 4. The van der Waals surface area contributed by atoms with E-state index < -0.39 is 11.6 Å². The standard InChI is InChI=1S/C25H33ClFN5O2.C21H29ClFN5O.C4H6Cl2O/c1-25(2,3)20(15-31-11-5-7-21(31)33)28-24(34)22-19-14-30(4)10-6-12-32(19)23(29-22)17-13-16(26)8-9-18(17)27;1-21(2,3)17(11-24)25-20(29)18-16-12-27(4)8-5-9-28(16)19(26-18)14-10-13(22)6-7-15(14)23;5-3-1-2-4(6)7/h8-9,13,20H,5-7,10-12,14-15H2,1-4H3,(H,28,34);6-7,10,17H,5,8-9,11-12,24H2,1-4H3,(H,25,29);1-3H2/t20-;17-;/m11./s1. The second-order valence-electron chi connectivity index (χ2n) is 20.3. The van der Waals surface area contributed by atoms with Crippen molar-refractivity contribution >= 4 is 69.4 Å². The van der Waals surface area contributed by atoms with E-state index in [-0.39, 0.29) is 51.4 Å². The predicted octanol–water partition coefficient (Wildman–Crippen LogP) is 9.00. The summed E-state index contributed by atoms with van der Waals surface area (Å²) in [6, 6.07) is 8.30. The fourth-order valence-electron chi connectivity index (χ4n) is 8.50. The number of fused-ring (bicyclic) bond motifs is 2. The van der Waals surface area contributed by atoms with Gasteiger partial charge in [0.05, 0.1) is 28.6 Å². The van der Waals surface area contributed by atoms with Crippen molar-refractivity contribution in [2.75, 3.05) is 52.7 Å². The molecule has 3 amide bonds. The summed E-state index contributed by atoms with van der Waals surface area (Å²) >= 11 is 22.5. The van der Waals surface area contributed by atoms with Gasteiger partial charge in [0, 0.05) is 80.6 Å². The summed E-state index contributed by atoms with van der Waals surface area (Å²) in [5.41, 5.74) is 8.16. The number of hydrogen-bond donors (Lipinski definition) is 3. The van der Waals surface area contributed by atoms with E-state index >= 15 is 0 Å². The first kappa shape index (κ1) is 56.8. The molecule has 5 heterocycles. The average molecular weight is 1050 g/mol. The van der Waals surface area contributed by atoms with Gasteiger partial charge in [0.15, 0.2) is 11.4 Å². The van der Waals surface area contributed by atoms with Crippen LogP contribution < -0.4 is 16.4 Å². The van der Waals surface area contributed by atoms with Crippen LogP contribution in [0, 0.1) is 22.5 Å². The number of alkyl halides is 1. The zero-order valence-corrected chi connectivity index (χ0v) is 44.6. The predicted molar refractivity (Wildman–Crippen MR) is 274 cm³/mol. The maximum absolute atomic E-state index is 14.8. The van der Waals surface area contributed by atoms with E-state index in [1.807, 2.05) is 69.7 Å². The van der Waals surface area contributed by atoms with E-state index in [2.05, 4.69) is 30.4 Å². The molecular formula is C50H68Cl4F2N10O4. The van der Waals surface area contributed by atoms with Gasteiger partial charge >= 0.3 is 0 Å². The number of hydrogen-bond acceptors (Lipinski definition) is 9. The molecule has 3 aliphatic heterocycles. The van der Waals surface area contributed by atoms with E-state index in [1.54, 1.807) is 12.1 Å². The third kappa shape index (κ3) is 15.0. The fourth-order valence-corrected chi connectivity index (χ4v) is 9.11. The molecule has 2 aromatic carbocycles. The van der Waals surface area contributed by atoms with E-state index in [0.717, 1.165) is 43.7 Å². The summed E-state index contributed by atoms with van der Waals surface area (Å²) in [6.07, 6.45) is 4.22. The van der Waals surface area contributed by atoms with E-state index in [9.17, 15) is 28.0 Å². The lowest BCUT2D eigenvalue weighted by molar-refractivity contribution is -0.128. The Morgan fingerprint density at radius 1 is 0.729 bits per heavy atom. The number of carbonyl (C=O) groups excluding carboxylic acids is 4. The molecule has 2 aromatic heterocycles. The number of nitrogens with one attached hydrogen (secondary N) is 2. The Bertz CT molecular complexity index is 2490. The van der Waals surface area contributed by atoms with Crippen LogP contribution in [0.15, 0.2) is 36.4 Å². The molecule has 20 heteroatoms. The monoisotopic (exact) mass is 1050 g/mol. The summed E-state index contributed by atoms with van der Waals surface area (Å²) in [7, 11) is 4.00. The number of rotatable bonds is 12. The number of nitrogens with two attached hydrogens (primary N) is 1. The maximum Gasteiger partial charge on any atom is 0.272 e. The van der Waals surface area contributed by atoms with Crippen molar-refractivity contribution in [3.05, 3.63) is 80.9 Å². The number of amides is 3. The van der Waals surface area contributed by atoms with Crippen LogP contribution in [0.4, 0.5) is 8.78 Å². The van der Waals surface area contributed by atoms with Crippen molar-refractivity contribution in [2.24, 2.45) is 16.6 Å². The van der Waals surface area contributed by atoms with Gasteiger partial charge in [-0.2, -0.15) is 0 Å². The summed E-state index contributed by atoms with van der Waals surface area (Å²) in [6.45, 7) is 17.8. The molecule has 0 bridgehead atoms. The molecule has 7 rings (SSSR count). The average Bonchev–Trinajstić information content (AvgIpc) is 3.87. The Hall–Kier alpha value is -4.16. The third-order valence-electron chi connectivity index (χ3n) is 12.6. The van der Waals surface area contributed by atoms with Gasteiger partial charge in [-0.05, 0) is 112 Å². The van der Waals surface area contributed by atoms with Crippen molar-refractivity contribution in [1.29, 1.82) is 0 Å². The Morgan fingerprint density at radius 2 is 1.19 bits per heavy atom. The van der Waals surface area contributed by atoms with E-state index in [0.29, 0.717) is 110 Å². The molecule has 1 saturated heterocycles. The van der Waals surface area contributed by atoms with Crippen LogP contribution in [0.1, 0.15) is 112 Å². The molecule has 0 radical (unpaired) electrons. The smallest absolute Gasteiger partial charge is 0.272 e. The minimum absolute atomic E-state index is 0.125. The lowest BCUT2D eigenvalue weighted by Gasteiger charge is -2.34. The maximum atomic E-state index is 14.8. The second-order valence-corrected chi connectivity index (χ2v) is 22.0. The van der Waals surface area contributed by atoms with Crippen LogP contribution in [-0.4, -0.2) is 122 Å². The molecular weight excluding hydrogens is 984 g/mol. The number of carbonyl (C=O) groups is 4. The summed E-state index contributed by atoms with van der Waals surface area (Å²) < 4.78 is 33.3. The van der Waals surface area contributed by atoms with E-state index in [1.165, 1.54) is 24.3 Å².